The molecule has 0 spiro atoms. The molecule has 3 aromatic rings. The Morgan fingerprint density at radius 1 is 0.840 bits per heavy atom. The topological polar surface area (TPSA) is 55.2 Å². The minimum Gasteiger partial charge on any atom is -0.472 e. The van der Waals surface area contributed by atoms with Crippen molar-refractivity contribution >= 4 is 0 Å². The van der Waals surface area contributed by atoms with E-state index in [1.54, 1.807) is 12.1 Å². The summed E-state index contributed by atoms with van der Waals surface area (Å²) >= 11 is 0. The molecule has 0 aliphatic rings. The van der Waals surface area contributed by atoms with Gasteiger partial charge in [0.2, 0.25) is 5.88 Å². The molecule has 3 rings (SSSR count). The Labute approximate surface area is 147 Å². The lowest BCUT2D eigenvalue weighted by molar-refractivity contribution is 0.290. The molecule has 0 fully saturated rings. The first-order valence-corrected chi connectivity index (χ1v) is 8.06. The highest BCUT2D eigenvalue weighted by Crippen LogP contribution is 2.09. The summed E-state index contributed by atoms with van der Waals surface area (Å²) in [4.78, 5) is 0. The number of aromatic nitrogens is 2. The van der Waals surface area contributed by atoms with Gasteiger partial charge in [0, 0.05) is 18.2 Å². The van der Waals surface area contributed by atoms with Crippen LogP contribution in [0.2, 0.25) is 0 Å². The van der Waals surface area contributed by atoms with Gasteiger partial charge >= 0.3 is 0 Å². The lowest BCUT2D eigenvalue weighted by Gasteiger charge is -2.04. The first kappa shape index (κ1) is 16.7. The van der Waals surface area contributed by atoms with E-state index in [1.165, 1.54) is 0 Å². The number of nitrogens with zero attached hydrogens (tertiary/aromatic N) is 2. The number of aliphatic hydroxyl groups excluding tert-OH is 1. The van der Waals surface area contributed by atoms with E-state index in [2.05, 4.69) is 22.0 Å². The van der Waals surface area contributed by atoms with Gasteiger partial charge in [0.05, 0.1) is 0 Å². The average Bonchev–Trinajstić information content (AvgIpc) is 2.67. The molecule has 0 amide bonds. The molecule has 1 N–H and O–H groups in total. The summed E-state index contributed by atoms with van der Waals surface area (Å²) in [5, 5.41) is 17.1. The van der Waals surface area contributed by atoms with Gasteiger partial charge in [-0.3, -0.25) is 0 Å². The fourth-order valence-corrected chi connectivity index (χ4v) is 2.27. The summed E-state index contributed by atoms with van der Waals surface area (Å²) in [7, 11) is 0. The molecule has 0 saturated heterocycles. The lowest BCUT2D eigenvalue weighted by atomic mass is 10.1. The molecule has 25 heavy (non-hydrogen) atoms. The molecule has 0 aliphatic carbocycles. The number of hydrogen-bond acceptors (Lipinski definition) is 4. The summed E-state index contributed by atoms with van der Waals surface area (Å²) in [5.74, 6) is 6.52. The zero-order valence-electron chi connectivity index (χ0n) is 13.7. The lowest BCUT2D eigenvalue weighted by Crippen LogP contribution is -1.98. The molecule has 1 aromatic heterocycles. The second-order valence-electron chi connectivity index (χ2n) is 5.46. The summed E-state index contributed by atoms with van der Waals surface area (Å²) in [6, 6.07) is 21.3. The Balaban J connectivity index is 1.62. The van der Waals surface area contributed by atoms with E-state index >= 15 is 0 Å². The van der Waals surface area contributed by atoms with Crippen LogP contribution in [-0.4, -0.2) is 21.9 Å². The molecule has 4 heteroatoms. The van der Waals surface area contributed by atoms with E-state index in [1.807, 2.05) is 54.6 Å². The van der Waals surface area contributed by atoms with Crippen LogP contribution in [0, 0.1) is 11.8 Å². The predicted octanol–water partition coefficient (Wildman–Crippen LogP) is 2.99. The summed E-state index contributed by atoms with van der Waals surface area (Å²) in [6.45, 7) is 0.588. The molecule has 0 radical (unpaired) electrons. The first-order valence-electron chi connectivity index (χ1n) is 8.06. The molecular weight excluding hydrogens is 312 g/mol. The zero-order valence-corrected chi connectivity index (χ0v) is 13.7. The molecule has 124 valence electrons. The maximum atomic E-state index is 8.99. The van der Waals surface area contributed by atoms with Crippen molar-refractivity contribution in [3.63, 3.8) is 0 Å². The van der Waals surface area contributed by atoms with Crippen molar-refractivity contribution in [1.82, 2.24) is 10.2 Å². The van der Waals surface area contributed by atoms with Gasteiger partial charge in [0.1, 0.15) is 12.3 Å². The Hall–Kier alpha value is -3.16. The highest BCUT2D eigenvalue weighted by Gasteiger charge is 1.98. The van der Waals surface area contributed by atoms with Gasteiger partial charge in [0.15, 0.2) is 0 Å². The van der Waals surface area contributed by atoms with Crippen LogP contribution >= 0.6 is 0 Å². The zero-order chi connectivity index (χ0) is 17.3. The van der Waals surface area contributed by atoms with E-state index in [0.717, 1.165) is 16.7 Å². The van der Waals surface area contributed by atoms with E-state index in [0.29, 0.717) is 24.6 Å². The van der Waals surface area contributed by atoms with Crippen LogP contribution in [0.15, 0.2) is 66.7 Å². The summed E-state index contributed by atoms with van der Waals surface area (Å²) in [5.41, 5.74) is 3.61. The number of hydrogen-bond donors (Lipinski definition) is 1. The SMILES string of the molecule is OCCc1cccc(C#Cc2ccc(OCc3ccccc3)nn2)c1. The van der Waals surface area contributed by atoms with E-state index in [9.17, 15) is 0 Å². The summed E-state index contributed by atoms with van der Waals surface area (Å²) in [6.07, 6.45) is 0.628. The molecule has 0 bridgehead atoms. The minimum absolute atomic E-state index is 0.132. The monoisotopic (exact) mass is 330 g/mol. The highest BCUT2D eigenvalue weighted by atomic mass is 16.5. The standard InChI is InChI=1S/C21H18N2O2/c24-14-13-18-8-4-7-17(15-18)9-10-20-11-12-21(23-22-20)25-16-19-5-2-1-3-6-19/h1-8,11-12,15,24H,13-14,16H2. The van der Waals surface area contributed by atoms with Crippen molar-refractivity contribution in [1.29, 1.82) is 0 Å². The summed E-state index contributed by atoms with van der Waals surface area (Å²) < 4.78 is 5.61. The molecule has 0 atom stereocenters. The van der Waals surface area contributed by atoms with Crippen LogP contribution in [0.25, 0.3) is 0 Å². The van der Waals surface area contributed by atoms with E-state index in [4.69, 9.17) is 9.84 Å². The van der Waals surface area contributed by atoms with Gasteiger partial charge in [0.25, 0.3) is 0 Å². The van der Waals surface area contributed by atoms with Crippen molar-refractivity contribution in [2.75, 3.05) is 6.61 Å². The third-order valence-corrected chi connectivity index (χ3v) is 3.53. The molecule has 2 aromatic carbocycles. The van der Waals surface area contributed by atoms with Gasteiger partial charge in [-0.15, -0.1) is 10.2 Å². The molecular formula is C21H18N2O2. The molecule has 0 unspecified atom stereocenters. The molecule has 4 nitrogen and oxygen atoms in total. The first-order chi connectivity index (χ1) is 12.3. The Bertz CT molecular complexity index is 866. The molecule has 0 aliphatic heterocycles. The van der Waals surface area contributed by atoms with Crippen LogP contribution < -0.4 is 4.74 Å². The number of aliphatic hydroxyl groups is 1. The van der Waals surface area contributed by atoms with Crippen LogP contribution in [0.5, 0.6) is 5.88 Å². The van der Waals surface area contributed by atoms with Crippen LogP contribution in [0.1, 0.15) is 22.4 Å². The predicted molar refractivity (Wildman–Crippen MR) is 96.0 cm³/mol. The van der Waals surface area contributed by atoms with Crippen molar-refractivity contribution in [3.05, 3.63) is 89.1 Å². The van der Waals surface area contributed by atoms with Gasteiger partial charge in [-0.1, -0.05) is 48.4 Å². The van der Waals surface area contributed by atoms with Gasteiger partial charge in [-0.2, -0.15) is 0 Å². The Kier molecular flexibility index (Phi) is 5.76. The largest absolute Gasteiger partial charge is 0.472 e. The van der Waals surface area contributed by atoms with Gasteiger partial charge in [-0.25, -0.2) is 0 Å². The average molecular weight is 330 g/mol. The van der Waals surface area contributed by atoms with E-state index < -0.39 is 0 Å². The number of ether oxygens (including phenoxy) is 1. The fraction of sp³-hybridized carbons (Fsp3) is 0.143. The van der Waals surface area contributed by atoms with Crippen LogP contribution in [-0.2, 0) is 13.0 Å². The third kappa shape index (κ3) is 5.17. The van der Waals surface area contributed by atoms with Crippen molar-refractivity contribution in [2.45, 2.75) is 13.0 Å². The van der Waals surface area contributed by atoms with Crippen molar-refractivity contribution < 1.29 is 9.84 Å². The van der Waals surface area contributed by atoms with Crippen LogP contribution in [0.4, 0.5) is 0 Å². The molecule has 0 saturated carbocycles. The third-order valence-electron chi connectivity index (χ3n) is 3.53. The number of rotatable bonds is 5. The van der Waals surface area contributed by atoms with Gasteiger partial charge < -0.3 is 9.84 Å². The van der Waals surface area contributed by atoms with Gasteiger partial charge in [-0.05, 0) is 41.7 Å². The maximum Gasteiger partial charge on any atom is 0.233 e. The van der Waals surface area contributed by atoms with Crippen molar-refractivity contribution in [2.24, 2.45) is 0 Å². The smallest absolute Gasteiger partial charge is 0.233 e. The minimum atomic E-state index is 0.132. The normalized spacial score (nSPS) is 9.96. The van der Waals surface area contributed by atoms with Crippen LogP contribution in [0.3, 0.4) is 0 Å². The fourth-order valence-electron chi connectivity index (χ4n) is 2.27. The maximum absolute atomic E-state index is 8.99. The quantitative estimate of drug-likeness (QED) is 0.731. The number of benzene rings is 2. The van der Waals surface area contributed by atoms with Crippen molar-refractivity contribution in [3.8, 4) is 17.7 Å². The second-order valence-corrected chi connectivity index (χ2v) is 5.46. The highest BCUT2D eigenvalue weighted by molar-refractivity contribution is 5.41. The molecule has 1 heterocycles. The Morgan fingerprint density at radius 2 is 1.68 bits per heavy atom. The Morgan fingerprint density at radius 3 is 2.44 bits per heavy atom. The van der Waals surface area contributed by atoms with E-state index in [-0.39, 0.29) is 6.61 Å². The second kappa shape index (κ2) is 8.62.